The molecule has 0 spiro atoms. The van der Waals surface area contributed by atoms with Crippen LogP contribution in [0.15, 0.2) is 18.2 Å². The van der Waals surface area contributed by atoms with Crippen molar-refractivity contribution < 1.29 is 9.53 Å². The maximum absolute atomic E-state index is 11.7. The number of anilines is 1. The third kappa shape index (κ3) is 4.43. The van der Waals surface area contributed by atoms with Crippen LogP contribution in [0.2, 0.25) is 0 Å². The molecule has 0 saturated carbocycles. The molecule has 0 aliphatic rings. The molecular formula is C15H22ClNO2. The van der Waals surface area contributed by atoms with E-state index in [9.17, 15) is 4.79 Å². The minimum absolute atomic E-state index is 0.0277. The number of aryl methyl sites for hydroxylation is 1. The highest BCUT2D eigenvalue weighted by atomic mass is 35.5. The minimum atomic E-state index is -0.130. The van der Waals surface area contributed by atoms with E-state index in [-0.39, 0.29) is 11.8 Å². The molecule has 106 valence electrons. The molecule has 1 rings (SSSR count). The lowest BCUT2D eigenvalue weighted by Crippen LogP contribution is -2.28. The zero-order valence-corrected chi connectivity index (χ0v) is 12.7. The van der Waals surface area contributed by atoms with Gasteiger partial charge in [0.05, 0.1) is 12.3 Å². The zero-order valence-electron chi connectivity index (χ0n) is 11.9. The van der Waals surface area contributed by atoms with Gasteiger partial charge >= 0.3 is 0 Å². The summed E-state index contributed by atoms with van der Waals surface area (Å²) in [5.41, 5.74) is 1.82. The fourth-order valence-corrected chi connectivity index (χ4v) is 2.11. The van der Waals surface area contributed by atoms with Gasteiger partial charge in [0, 0.05) is 7.05 Å². The summed E-state index contributed by atoms with van der Waals surface area (Å²) >= 11 is 5.62. The van der Waals surface area contributed by atoms with Gasteiger partial charge in [0.15, 0.2) is 0 Å². The van der Waals surface area contributed by atoms with Crippen molar-refractivity contribution in [2.45, 2.75) is 33.1 Å². The van der Waals surface area contributed by atoms with Gasteiger partial charge < -0.3 is 9.64 Å². The van der Waals surface area contributed by atoms with Crippen molar-refractivity contribution in [2.24, 2.45) is 0 Å². The lowest BCUT2D eigenvalue weighted by molar-refractivity contribution is -0.116. The topological polar surface area (TPSA) is 29.5 Å². The highest BCUT2D eigenvalue weighted by Gasteiger charge is 2.16. The Morgan fingerprint density at radius 1 is 1.37 bits per heavy atom. The van der Waals surface area contributed by atoms with Crippen molar-refractivity contribution in [2.75, 3.05) is 24.4 Å². The van der Waals surface area contributed by atoms with Gasteiger partial charge in [0.2, 0.25) is 5.91 Å². The molecule has 3 nitrogen and oxygen atoms in total. The molecule has 0 fully saturated rings. The van der Waals surface area contributed by atoms with Crippen LogP contribution < -0.4 is 9.64 Å². The number of para-hydroxylation sites is 1. The number of hydrogen-bond donors (Lipinski definition) is 0. The number of alkyl halides is 1. The fraction of sp³-hybridized carbons (Fsp3) is 0.533. The van der Waals surface area contributed by atoms with Gasteiger partial charge in [-0.1, -0.05) is 31.9 Å². The van der Waals surface area contributed by atoms with E-state index in [0.29, 0.717) is 6.61 Å². The van der Waals surface area contributed by atoms with Crippen molar-refractivity contribution in [1.82, 2.24) is 0 Å². The third-order valence-electron chi connectivity index (χ3n) is 3.03. The molecule has 0 atom stereocenters. The second-order valence-corrected chi connectivity index (χ2v) is 4.83. The molecule has 0 aromatic heterocycles. The normalized spacial score (nSPS) is 10.3. The van der Waals surface area contributed by atoms with Gasteiger partial charge in [-0.15, -0.1) is 11.6 Å². The number of rotatable bonds is 7. The van der Waals surface area contributed by atoms with E-state index in [2.05, 4.69) is 6.92 Å². The lowest BCUT2D eigenvalue weighted by atomic mass is 10.1. The Bertz CT molecular complexity index is 421. The Morgan fingerprint density at radius 3 is 2.74 bits per heavy atom. The van der Waals surface area contributed by atoms with Gasteiger partial charge in [-0.3, -0.25) is 4.79 Å². The zero-order chi connectivity index (χ0) is 14.3. The van der Waals surface area contributed by atoms with E-state index in [1.807, 2.05) is 25.1 Å². The quantitative estimate of drug-likeness (QED) is 0.563. The molecule has 19 heavy (non-hydrogen) atoms. The maximum atomic E-state index is 11.7. The van der Waals surface area contributed by atoms with E-state index in [4.69, 9.17) is 16.3 Å². The Balaban J connectivity index is 2.86. The Labute approximate surface area is 120 Å². The number of nitrogens with zero attached hydrogens (tertiary/aromatic N) is 1. The monoisotopic (exact) mass is 283 g/mol. The van der Waals surface area contributed by atoms with Gasteiger partial charge in [-0.25, -0.2) is 0 Å². The molecule has 0 aliphatic carbocycles. The number of hydrogen-bond acceptors (Lipinski definition) is 2. The first kappa shape index (κ1) is 15.8. The van der Waals surface area contributed by atoms with Crippen LogP contribution in [0.25, 0.3) is 0 Å². The number of carbonyl (C=O) groups is 1. The second-order valence-electron chi connectivity index (χ2n) is 4.56. The van der Waals surface area contributed by atoms with Crippen LogP contribution in [0.3, 0.4) is 0 Å². The first-order chi connectivity index (χ1) is 9.11. The predicted octanol–water partition coefficient (Wildman–Crippen LogP) is 3.77. The number of ether oxygens (including phenoxy) is 1. The average molecular weight is 284 g/mol. The number of carbonyl (C=O) groups excluding carboxylic acids is 1. The second kappa shape index (κ2) is 8.05. The van der Waals surface area contributed by atoms with Crippen molar-refractivity contribution in [3.63, 3.8) is 0 Å². The first-order valence-electron chi connectivity index (χ1n) is 6.66. The van der Waals surface area contributed by atoms with E-state index in [1.54, 1.807) is 11.9 Å². The maximum Gasteiger partial charge on any atom is 0.241 e. The lowest BCUT2D eigenvalue weighted by Gasteiger charge is -2.22. The minimum Gasteiger partial charge on any atom is -0.491 e. The van der Waals surface area contributed by atoms with Gasteiger partial charge in [-0.2, -0.15) is 0 Å². The van der Waals surface area contributed by atoms with E-state index in [0.717, 1.165) is 36.3 Å². The van der Waals surface area contributed by atoms with Gasteiger partial charge in [0.25, 0.3) is 0 Å². The molecule has 0 aliphatic heterocycles. The number of halogens is 1. The molecule has 4 heteroatoms. The summed E-state index contributed by atoms with van der Waals surface area (Å²) < 4.78 is 5.80. The Hall–Kier alpha value is -1.22. The average Bonchev–Trinajstić information content (AvgIpc) is 2.42. The van der Waals surface area contributed by atoms with E-state index in [1.165, 1.54) is 0 Å². The van der Waals surface area contributed by atoms with Crippen LogP contribution in [0.4, 0.5) is 5.69 Å². The van der Waals surface area contributed by atoms with Crippen molar-refractivity contribution in [3.8, 4) is 5.75 Å². The summed E-state index contributed by atoms with van der Waals surface area (Å²) in [7, 11) is 1.73. The molecule has 0 N–H and O–H groups in total. The predicted molar refractivity (Wildman–Crippen MR) is 80.3 cm³/mol. The van der Waals surface area contributed by atoms with Crippen LogP contribution in [0, 0.1) is 6.92 Å². The molecule has 1 amide bonds. The van der Waals surface area contributed by atoms with Crippen LogP contribution in [-0.2, 0) is 4.79 Å². The molecule has 0 heterocycles. The molecule has 0 radical (unpaired) electrons. The highest BCUT2D eigenvalue weighted by Crippen LogP contribution is 2.31. The van der Waals surface area contributed by atoms with E-state index >= 15 is 0 Å². The SMILES string of the molecule is CCCCCOc1cccc(C)c1N(C)C(=O)CCl. The third-order valence-corrected chi connectivity index (χ3v) is 3.26. The van der Waals surface area contributed by atoms with Crippen LogP contribution >= 0.6 is 11.6 Å². The fourth-order valence-electron chi connectivity index (χ4n) is 1.93. The van der Waals surface area contributed by atoms with Crippen molar-refractivity contribution in [3.05, 3.63) is 23.8 Å². The molecule has 0 saturated heterocycles. The van der Waals surface area contributed by atoms with Gasteiger partial charge in [-0.05, 0) is 25.0 Å². The summed E-state index contributed by atoms with van der Waals surface area (Å²) in [4.78, 5) is 13.3. The van der Waals surface area contributed by atoms with Crippen molar-refractivity contribution >= 4 is 23.2 Å². The summed E-state index contributed by atoms with van der Waals surface area (Å²) in [5.74, 6) is 0.589. The smallest absolute Gasteiger partial charge is 0.241 e. The molecule has 1 aromatic carbocycles. The van der Waals surface area contributed by atoms with Gasteiger partial charge in [0.1, 0.15) is 11.6 Å². The molecular weight excluding hydrogens is 262 g/mol. The summed E-state index contributed by atoms with van der Waals surface area (Å²) in [6.07, 6.45) is 3.34. The largest absolute Gasteiger partial charge is 0.491 e. The summed E-state index contributed by atoms with van der Waals surface area (Å²) in [6.45, 7) is 4.80. The Morgan fingerprint density at radius 2 is 2.11 bits per heavy atom. The molecule has 0 unspecified atom stereocenters. The molecule has 1 aromatic rings. The first-order valence-corrected chi connectivity index (χ1v) is 7.20. The Kier molecular flexibility index (Phi) is 6.71. The van der Waals surface area contributed by atoms with Crippen LogP contribution in [-0.4, -0.2) is 25.4 Å². The summed E-state index contributed by atoms with van der Waals surface area (Å²) in [6, 6.07) is 5.80. The number of benzene rings is 1. The number of amides is 1. The van der Waals surface area contributed by atoms with Crippen LogP contribution in [0.5, 0.6) is 5.75 Å². The van der Waals surface area contributed by atoms with E-state index < -0.39 is 0 Å². The van der Waals surface area contributed by atoms with Crippen LogP contribution in [0.1, 0.15) is 31.7 Å². The van der Waals surface area contributed by atoms with Crippen molar-refractivity contribution in [1.29, 1.82) is 0 Å². The highest BCUT2D eigenvalue weighted by molar-refractivity contribution is 6.29. The summed E-state index contributed by atoms with van der Waals surface area (Å²) in [5, 5.41) is 0. The number of unbranched alkanes of at least 4 members (excludes halogenated alkanes) is 2. The molecule has 0 bridgehead atoms. The standard InChI is InChI=1S/C15H22ClNO2/c1-4-5-6-10-19-13-9-7-8-12(2)15(13)17(3)14(18)11-16/h7-9H,4-6,10-11H2,1-3H3.